The highest BCUT2D eigenvalue weighted by atomic mass is 16.5. The zero-order valence-corrected chi connectivity index (χ0v) is 11.5. The summed E-state index contributed by atoms with van der Waals surface area (Å²) in [5, 5.41) is 20.9. The van der Waals surface area contributed by atoms with Crippen LogP contribution in [0, 0.1) is 11.3 Å². The SMILES string of the molecule is COc1ccc(C(=O)O)cc1NCc1ccc(C#N)cc1. The first-order chi connectivity index (χ1) is 10.1. The smallest absolute Gasteiger partial charge is 0.335 e. The summed E-state index contributed by atoms with van der Waals surface area (Å²) in [5.41, 5.74) is 2.39. The van der Waals surface area contributed by atoms with Crippen molar-refractivity contribution in [2.75, 3.05) is 12.4 Å². The second-order valence-corrected chi connectivity index (χ2v) is 4.38. The Labute approximate surface area is 122 Å². The Morgan fingerprint density at radius 1 is 1.29 bits per heavy atom. The highest BCUT2D eigenvalue weighted by Gasteiger charge is 2.08. The van der Waals surface area contributed by atoms with Gasteiger partial charge >= 0.3 is 5.97 Å². The number of rotatable bonds is 5. The lowest BCUT2D eigenvalue weighted by Crippen LogP contribution is -2.04. The zero-order valence-electron chi connectivity index (χ0n) is 11.5. The first-order valence-electron chi connectivity index (χ1n) is 6.28. The minimum Gasteiger partial charge on any atom is -0.495 e. The second-order valence-electron chi connectivity index (χ2n) is 4.38. The molecule has 0 saturated carbocycles. The molecule has 0 heterocycles. The minimum absolute atomic E-state index is 0.193. The first kappa shape index (κ1) is 14.4. The van der Waals surface area contributed by atoms with E-state index >= 15 is 0 Å². The van der Waals surface area contributed by atoms with Crippen molar-refractivity contribution in [1.82, 2.24) is 0 Å². The van der Waals surface area contributed by atoms with Crippen LogP contribution in [0.25, 0.3) is 0 Å². The molecule has 106 valence electrons. The van der Waals surface area contributed by atoms with Gasteiger partial charge in [0.2, 0.25) is 0 Å². The van der Waals surface area contributed by atoms with E-state index in [-0.39, 0.29) is 5.56 Å². The number of nitrogens with zero attached hydrogens (tertiary/aromatic N) is 1. The maximum Gasteiger partial charge on any atom is 0.335 e. The van der Waals surface area contributed by atoms with Crippen LogP contribution in [0.15, 0.2) is 42.5 Å². The molecule has 21 heavy (non-hydrogen) atoms. The summed E-state index contributed by atoms with van der Waals surface area (Å²) in [5.74, 6) is -0.410. The highest BCUT2D eigenvalue weighted by molar-refractivity contribution is 5.89. The number of benzene rings is 2. The molecule has 0 unspecified atom stereocenters. The molecule has 2 rings (SSSR count). The van der Waals surface area contributed by atoms with E-state index in [9.17, 15) is 4.79 Å². The molecule has 0 spiro atoms. The van der Waals surface area contributed by atoms with Gasteiger partial charge in [0.15, 0.2) is 0 Å². The molecule has 2 aromatic carbocycles. The largest absolute Gasteiger partial charge is 0.495 e. The van der Waals surface area contributed by atoms with Crippen LogP contribution in [0.4, 0.5) is 5.69 Å². The van der Waals surface area contributed by atoms with Crippen LogP contribution in [-0.2, 0) is 6.54 Å². The van der Waals surface area contributed by atoms with Crippen molar-refractivity contribution in [2.45, 2.75) is 6.54 Å². The third-order valence-electron chi connectivity index (χ3n) is 3.01. The van der Waals surface area contributed by atoms with Crippen molar-refractivity contribution in [3.63, 3.8) is 0 Å². The topological polar surface area (TPSA) is 82.3 Å². The molecular weight excluding hydrogens is 268 g/mol. The molecule has 5 nitrogen and oxygen atoms in total. The highest BCUT2D eigenvalue weighted by Crippen LogP contribution is 2.26. The molecular formula is C16H14N2O3. The van der Waals surface area contributed by atoms with E-state index in [1.807, 2.05) is 12.1 Å². The maximum absolute atomic E-state index is 11.0. The predicted octanol–water partition coefficient (Wildman–Crippen LogP) is 2.88. The third kappa shape index (κ3) is 3.51. The van der Waals surface area contributed by atoms with Gasteiger partial charge in [-0.05, 0) is 35.9 Å². The predicted molar refractivity (Wildman–Crippen MR) is 78.4 cm³/mol. The molecule has 0 fully saturated rings. The van der Waals surface area contributed by atoms with E-state index in [1.54, 1.807) is 18.2 Å². The van der Waals surface area contributed by atoms with E-state index in [0.29, 0.717) is 23.5 Å². The van der Waals surface area contributed by atoms with Crippen molar-refractivity contribution in [1.29, 1.82) is 5.26 Å². The number of methoxy groups -OCH3 is 1. The number of nitriles is 1. The van der Waals surface area contributed by atoms with E-state index in [0.717, 1.165) is 5.56 Å². The van der Waals surface area contributed by atoms with Gasteiger partial charge in [-0.15, -0.1) is 0 Å². The minimum atomic E-state index is -0.987. The van der Waals surface area contributed by atoms with Crippen LogP contribution in [0.5, 0.6) is 5.75 Å². The van der Waals surface area contributed by atoms with Crippen LogP contribution in [-0.4, -0.2) is 18.2 Å². The lowest BCUT2D eigenvalue weighted by Gasteiger charge is -2.12. The fourth-order valence-corrected chi connectivity index (χ4v) is 1.87. The number of anilines is 1. The number of carboxylic acids is 1. The fraction of sp³-hybridized carbons (Fsp3) is 0.125. The van der Waals surface area contributed by atoms with E-state index in [2.05, 4.69) is 11.4 Å². The zero-order chi connectivity index (χ0) is 15.2. The van der Waals surface area contributed by atoms with Crippen molar-refractivity contribution < 1.29 is 14.6 Å². The number of hydrogen-bond acceptors (Lipinski definition) is 4. The van der Waals surface area contributed by atoms with Gasteiger partial charge in [0.05, 0.1) is 30.0 Å². The summed E-state index contributed by atoms with van der Waals surface area (Å²) in [6.07, 6.45) is 0. The maximum atomic E-state index is 11.0. The Balaban J connectivity index is 2.16. The van der Waals surface area contributed by atoms with Crippen LogP contribution >= 0.6 is 0 Å². The molecule has 5 heteroatoms. The summed E-state index contributed by atoms with van der Waals surface area (Å²) in [6, 6.07) is 13.9. The summed E-state index contributed by atoms with van der Waals surface area (Å²) < 4.78 is 5.21. The van der Waals surface area contributed by atoms with Gasteiger partial charge < -0.3 is 15.2 Å². The molecule has 0 atom stereocenters. The second kappa shape index (κ2) is 6.44. The molecule has 0 aliphatic rings. The van der Waals surface area contributed by atoms with E-state index < -0.39 is 5.97 Å². The van der Waals surface area contributed by atoms with Crippen molar-refractivity contribution in [3.05, 3.63) is 59.2 Å². The van der Waals surface area contributed by atoms with Gasteiger partial charge in [-0.1, -0.05) is 12.1 Å². The third-order valence-corrected chi connectivity index (χ3v) is 3.01. The molecule has 0 saturated heterocycles. The van der Waals surface area contributed by atoms with Gasteiger partial charge in [0.25, 0.3) is 0 Å². The number of aromatic carboxylic acids is 1. The van der Waals surface area contributed by atoms with Crippen LogP contribution in [0.1, 0.15) is 21.5 Å². The molecule has 2 aromatic rings. The molecule has 0 bridgehead atoms. The van der Waals surface area contributed by atoms with Gasteiger partial charge in [0.1, 0.15) is 5.75 Å². The van der Waals surface area contributed by atoms with Gasteiger partial charge in [0, 0.05) is 6.54 Å². The van der Waals surface area contributed by atoms with Gasteiger partial charge in [-0.25, -0.2) is 4.79 Å². The number of carboxylic acid groups (broad SMARTS) is 1. The van der Waals surface area contributed by atoms with Crippen molar-refractivity contribution in [3.8, 4) is 11.8 Å². The summed E-state index contributed by atoms with van der Waals surface area (Å²) in [6.45, 7) is 0.505. The average Bonchev–Trinajstić information content (AvgIpc) is 2.53. The van der Waals surface area contributed by atoms with Crippen molar-refractivity contribution >= 4 is 11.7 Å². The molecule has 0 aromatic heterocycles. The van der Waals surface area contributed by atoms with Crippen LogP contribution in [0.3, 0.4) is 0 Å². The Morgan fingerprint density at radius 3 is 2.57 bits per heavy atom. The van der Waals surface area contributed by atoms with Gasteiger partial charge in [-0.3, -0.25) is 0 Å². The molecule has 2 N–H and O–H groups in total. The molecule has 0 aliphatic heterocycles. The summed E-state index contributed by atoms with van der Waals surface area (Å²) >= 11 is 0. The Hall–Kier alpha value is -3.00. The van der Waals surface area contributed by atoms with Crippen molar-refractivity contribution in [2.24, 2.45) is 0 Å². The standard InChI is InChI=1S/C16H14N2O3/c1-21-15-7-6-13(16(19)20)8-14(15)18-10-12-4-2-11(9-17)3-5-12/h2-8,18H,10H2,1H3,(H,19,20). The number of carbonyl (C=O) groups is 1. The Kier molecular flexibility index (Phi) is 4.42. The first-order valence-corrected chi connectivity index (χ1v) is 6.28. The monoisotopic (exact) mass is 282 g/mol. The van der Waals surface area contributed by atoms with Crippen LogP contribution < -0.4 is 10.1 Å². The Morgan fingerprint density at radius 2 is 2.00 bits per heavy atom. The quantitative estimate of drug-likeness (QED) is 0.881. The molecule has 0 amide bonds. The average molecular weight is 282 g/mol. The molecule has 0 aliphatic carbocycles. The van der Waals surface area contributed by atoms with Crippen LogP contribution in [0.2, 0.25) is 0 Å². The lowest BCUT2D eigenvalue weighted by molar-refractivity contribution is 0.0697. The molecule has 0 radical (unpaired) electrons. The lowest BCUT2D eigenvalue weighted by atomic mass is 10.1. The number of hydrogen-bond donors (Lipinski definition) is 2. The van der Waals surface area contributed by atoms with E-state index in [1.165, 1.54) is 19.2 Å². The Bertz CT molecular complexity index is 688. The fourth-order valence-electron chi connectivity index (χ4n) is 1.87. The number of ether oxygens (including phenoxy) is 1. The van der Waals surface area contributed by atoms with E-state index in [4.69, 9.17) is 15.1 Å². The normalized spacial score (nSPS) is 9.71. The summed E-state index contributed by atoms with van der Waals surface area (Å²) in [4.78, 5) is 11.0. The van der Waals surface area contributed by atoms with Gasteiger partial charge in [-0.2, -0.15) is 5.26 Å². The number of nitrogens with one attached hydrogen (secondary N) is 1. The summed E-state index contributed by atoms with van der Waals surface area (Å²) in [7, 11) is 1.53.